The maximum absolute atomic E-state index is 5.73. The summed E-state index contributed by atoms with van der Waals surface area (Å²) in [6.45, 7) is 4.96. The highest BCUT2D eigenvalue weighted by molar-refractivity contribution is 8.03. The van der Waals surface area contributed by atoms with Crippen molar-refractivity contribution in [3.63, 3.8) is 0 Å². The third kappa shape index (κ3) is 1.73. The van der Waals surface area contributed by atoms with Crippen LogP contribution in [0.2, 0.25) is 0 Å². The molecule has 1 rings (SSSR count). The van der Waals surface area contributed by atoms with E-state index in [-0.39, 0.29) is 4.87 Å². The summed E-state index contributed by atoms with van der Waals surface area (Å²) in [6.07, 6.45) is 0. The number of hydrogen-bond acceptors (Lipinski definition) is 3. The lowest BCUT2D eigenvalue weighted by Gasteiger charge is -2.32. The highest BCUT2D eigenvalue weighted by atomic mass is 35.5. The largest absolute Gasteiger partial charge is 0.371 e. The molecule has 1 aliphatic rings. The fraction of sp³-hybridized carbons (Fsp3) is 0.750. The zero-order valence-electron chi connectivity index (χ0n) is 7.43. The van der Waals surface area contributed by atoms with Crippen LogP contribution in [0.3, 0.4) is 0 Å². The summed E-state index contributed by atoms with van der Waals surface area (Å²) in [5.74, 6) is 1.05. The molecule has 1 atom stereocenters. The molecule has 0 radical (unpaired) electrons. The van der Waals surface area contributed by atoms with Gasteiger partial charge in [0, 0.05) is 12.2 Å². The quantitative estimate of drug-likeness (QED) is 0.691. The van der Waals surface area contributed by atoms with Gasteiger partial charge in [-0.25, -0.2) is 0 Å². The van der Waals surface area contributed by atoms with Crippen molar-refractivity contribution in [2.75, 3.05) is 12.4 Å². The highest BCUT2D eigenvalue weighted by Gasteiger charge is 2.36. The number of thioether (sulfide) groups is 1. The molecule has 0 aromatic rings. The standard InChI is InChI=1S/C8H15ClN2S/c1-6(2)8(5-10)11-7(3-9)4-12-8/h4,6,11H,3,5,10H2,1-2H3. The molecule has 1 unspecified atom stereocenters. The predicted octanol–water partition coefficient (Wildman–Crippen LogP) is 1.71. The molecule has 0 aliphatic carbocycles. The molecular formula is C8H15ClN2S. The lowest BCUT2D eigenvalue weighted by atomic mass is 10.0. The number of alkyl halides is 1. The summed E-state index contributed by atoms with van der Waals surface area (Å²) in [4.78, 5) is -0.0236. The van der Waals surface area contributed by atoms with E-state index in [0.29, 0.717) is 18.3 Å². The minimum Gasteiger partial charge on any atom is -0.371 e. The minimum atomic E-state index is -0.0236. The third-order valence-corrected chi connectivity index (χ3v) is 4.01. The van der Waals surface area contributed by atoms with Crippen molar-refractivity contribution in [1.29, 1.82) is 0 Å². The molecule has 1 heterocycles. The van der Waals surface area contributed by atoms with Gasteiger partial charge < -0.3 is 11.1 Å². The van der Waals surface area contributed by atoms with Gasteiger partial charge in [0.25, 0.3) is 0 Å². The van der Waals surface area contributed by atoms with E-state index in [1.165, 1.54) is 0 Å². The molecule has 0 aromatic carbocycles. The first-order valence-corrected chi connectivity index (χ1v) is 5.47. The first-order valence-electron chi connectivity index (χ1n) is 4.05. The van der Waals surface area contributed by atoms with Crippen molar-refractivity contribution >= 4 is 23.4 Å². The maximum atomic E-state index is 5.73. The number of hydrogen-bond donors (Lipinski definition) is 2. The van der Waals surface area contributed by atoms with Crippen LogP contribution < -0.4 is 11.1 Å². The summed E-state index contributed by atoms with van der Waals surface area (Å²) in [5, 5.41) is 5.44. The Hall–Kier alpha value is 0.140. The molecule has 0 amide bonds. The van der Waals surface area contributed by atoms with E-state index in [0.717, 1.165) is 5.70 Å². The first kappa shape index (κ1) is 10.2. The highest BCUT2D eigenvalue weighted by Crippen LogP contribution is 2.37. The Labute approximate surface area is 82.9 Å². The Kier molecular flexibility index (Phi) is 3.32. The summed E-state index contributed by atoms with van der Waals surface area (Å²) >= 11 is 7.46. The van der Waals surface area contributed by atoms with Gasteiger partial charge in [0.15, 0.2) is 0 Å². The van der Waals surface area contributed by atoms with E-state index in [1.54, 1.807) is 11.8 Å². The molecule has 4 heteroatoms. The number of nitrogens with two attached hydrogens (primary N) is 1. The molecular weight excluding hydrogens is 192 g/mol. The summed E-state index contributed by atoms with van der Waals surface area (Å²) in [5.41, 5.74) is 6.81. The van der Waals surface area contributed by atoms with Crippen LogP contribution in [-0.2, 0) is 0 Å². The zero-order valence-corrected chi connectivity index (χ0v) is 9.00. The normalized spacial score (nSPS) is 28.9. The second-order valence-electron chi connectivity index (χ2n) is 3.27. The van der Waals surface area contributed by atoms with Crippen molar-refractivity contribution in [1.82, 2.24) is 5.32 Å². The molecule has 0 saturated carbocycles. The average Bonchev–Trinajstić information content (AvgIpc) is 2.48. The van der Waals surface area contributed by atoms with Crippen LogP contribution in [0.5, 0.6) is 0 Å². The van der Waals surface area contributed by atoms with Crippen molar-refractivity contribution in [3.05, 3.63) is 11.1 Å². The monoisotopic (exact) mass is 206 g/mol. The van der Waals surface area contributed by atoms with Gasteiger partial charge in [-0.1, -0.05) is 13.8 Å². The first-order chi connectivity index (χ1) is 5.64. The van der Waals surface area contributed by atoms with Crippen LogP contribution in [0, 0.1) is 5.92 Å². The average molecular weight is 207 g/mol. The summed E-state index contributed by atoms with van der Waals surface area (Å²) < 4.78 is 0. The minimum absolute atomic E-state index is 0.0236. The van der Waals surface area contributed by atoms with Gasteiger partial charge in [0.2, 0.25) is 0 Å². The van der Waals surface area contributed by atoms with Gasteiger partial charge in [-0.05, 0) is 11.3 Å². The van der Waals surface area contributed by atoms with Crippen LogP contribution in [0.4, 0.5) is 0 Å². The second-order valence-corrected chi connectivity index (χ2v) is 4.74. The van der Waals surface area contributed by atoms with Crippen LogP contribution in [-0.4, -0.2) is 17.3 Å². The summed E-state index contributed by atoms with van der Waals surface area (Å²) in [7, 11) is 0. The smallest absolute Gasteiger partial charge is 0.102 e. The van der Waals surface area contributed by atoms with E-state index in [4.69, 9.17) is 17.3 Å². The number of rotatable bonds is 3. The van der Waals surface area contributed by atoms with Gasteiger partial charge in [0.1, 0.15) is 4.87 Å². The molecule has 0 fully saturated rings. The fourth-order valence-corrected chi connectivity index (χ4v) is 2.48. The number of nitrogens with one attached hydrogen (secondary N) is 1. The SMILES string of the molecule is CC(C)C1(CN)NC(CCl)=CS1. The topological polar surface area (TPSA) is 38.0 Å². The van der Waals surface area contributed by atoms with Crippen LogP contribution in [0.15, 0.2) is 11.1 Å². The molecule has 3 N–H and O–H groups in total. The van der Waals surface area contributed by atoms with Crippen LogP contribution in [0.1, 0.15) is 13.8 Å². The molecule has 0 spiro atoms. The second kappa shape index (κ2) is 3.90. The molecule has 0 bridgehead atoms. The van der Waals surface area contributed by atoms with Crippen LogP contribution in [0.25, 0.3) is 0 Å². The summed E-state index contributed by atoms with van der Waals surface area (Å²) in [6, 6.07) is 0. The van der Waals surface area contributed by atoms with Gasteiger partial charge in [-0.3, -0.25) is 0 Å². The molecule has 12 heavy (non-hydrogen) atoms. The van der Waals surface area contributed by atoms with E-state index < -0.39 is 0 Å². The Morgan fingerprint density at radius 2 is 2.42 bits per heavy atom. The lowest BCUT2D eigenvalue weighted by molar-refractivity contribution is 0.401. The predicted molar refractivity (Wildman–Crippen MR) is 56.2 cm³/mol. The van der Waals surface area contributed by atoms with E-state index >= 15 is 0 Å². The van der Waals surface area contributed by atoms with E-state index in [9.17, 15) is 0 Å². The van der Waals surface area contributed by atoms with Gasteiger partial charge in [0.05, 0.1) is 5.88 Å². The Bertz CT molecular complexity index is 193. The lowest BCUT2D eigenvalue weighted by Crippen LogP contribution is -2.49. The van der Waals surface area contributed by atoms with Gasteiger partial charge >= 0.3 is 0 Å². The zero-order chi connectivity index (χ0) is 9.19. The van der Waals surface area contributed by atoms with Gasteiger partial charge in [-0.15, -0.1) is 23.4 Å². The van der Waals surface area contributed by atoms with E-state index in [2.05, 4.69) is 24.6 Å². The van der Waals surface area contributed by atoms with Gasteiger partial charge in [-0.2, -0.15) is 0 Å². The fourth-order valence-electron chi connectivity index (χ4n) is 1.19. The Balaban J connectivity index is 2.65. The molecule has 0 aromatic heterocycles. The van der Waals surface area contributed by atoms with Crippen molar-refractivity contribution < 1.29 is 0 Å². The molecule has 1 aliphatic heterocycles. The van der Waals surface area contributed by atoms with Crippen LogP contribution >= 0.6 is 23.4 Å². The van der Waals surface area contributed by atoms with Crippen molar-refractivity contribution in [2.45, 2.75) is 18.7 Å². The molecule has 2 nitrogen and oxygen atoms in total. The Morgan fingerprint density at radius 3 is 2.67 bits per heavy atom. The Morgan fingerprint density at radius 1 is 1.75 bits per heavy atom. The third-order valence-electron chi connectivity index (χ3n) is 2.16. The number of halogens is 1. The molecule has 70 valence electrons. The molecule has 0 saturated heterocycles. The maximum Gasteiger partial charge on any atom is 0.102 e. The van der Waals surface area contributed by atoms with Crippen molar-refractivity contribution in [2.24, 2.45) is 11.7 Å². The number of allylic oxidation sites excluding steroid dienone is 1. The van der Waals surface area contributed by atoms with Crippen molar-refractivity contribution in [3.8, 4) is 0 Å². The van der Waals surface area contributed by atoms with E-state index in [1.807, 2.05) is 0 Å².